The molecule has 24 heavy (non-hydrogen) atoms. The number of likely N-dealkylation sites (tertiary alicyclic amines) is 1. The third-order valence-corrected chi connectivity index (χ3v) is 5.51. The molecule has 7 heteroatoms. The number of thioether (sulfide) groups is 1. The highest BCUT2D eigenvalue weighted by atomic mass is 35.5. The Morgan fingerprint density at radius 3 is 3.08 bits per heavy atom. The quantitative estimate of drug-likeness (QED) is 0.757. The number of rotatable bonds is 5. The number of benzene rings is 1. The summed E-state index contributed by atoms with van der Waals surface area (Å²) in [5.74, 6) is 0.572. The summed E-state index contributed by atoms with van der Waals surface area (Å²) in [6.45, 7) is 3.03. The van der Waals surface area contributed by atoms with Crippen molar-refractivity contribution in [2.24, 2.45) is 0 Å². The first-order valence-electron chi connectivity index (χ1n) is 8.27. The average molecular weight is 365 g/mol. The zero-order valence-corrected chi connectivity index (χ0v) is 15.3. The van der Waals surface area contributed by atoms with E-state index in [0.717, 1.165) is 31.5 Å². The molecule has 0 bridgehead atoms. The van der Waals surface area contributed by atoms with Crippen molar-refractivity contribution < 1.29 is 4.79 Å². The van der Waals surface area contributed by atoms with Gasteiger partial charge in [-0.25, -0.2) is 0 Å². The van der Waals surface area contributed by atoms with Crippen LogP contribution in [0.3, 0.4) is 0 Å². The standard InChI is InChI=1S/C17H21ClN4OS/c1-2-14-7-3-4-9-21(14)16(23)11-24-17-20-19-12-22(17)15-8-5-6-13(18)10-15/h5-6,8,10,12,14H,2-4,7,9,11H2,1H3. The molecule has 1 saturated heterocycles. The van der Waals surface area contributed by atoms with E-state index in [2.05, 4.69) is 17.1 Å². The predicted octanol–water partition coefficient (Wildman–Crippen LogP) is 3.80. The van der Waals surface area contributed by atoms with Gasteiger partial charge in [-0.3, -0.25) is 9.36 Å². The van der Waals surface area contributed by atoms with E-state index in [1.165, 1.54) is 18.2 Å². The maximum Gasteiger partial charge on any atom is 0.233 e. The van der Waals surface area contributed by atoms with Crippen molar-refractivity contribution in [1.82, 2.24) is 19.7 Å². The summed E-state index contributed by atoms with van der Waals surface area (Å²) in [6.07, 6.45) is 6.11. The molecule has 0 spiro atoms. The molecule has 1 aliphatic heterocycles. The summed E-state index contributed by atoms with van der Waals surface area (Å²) >= 11 is 7.48. The van der Waals surface area contributed by atoms with Crippen LogP contribution in [0.2, 0.25) is 5.02 Å². The Balaban J connectivity index is 1.67. The average Bonchev–Trinajstić information content (AvgIpc) is 3.08. The first-order chi connectivity index (χ1) is 11.7. The summed E-state index contributed by atoms with van der Waals surface area (Å²) in [5.41, 5.74) is 0.895. The molecule has 3 rings (SSSR count). The van der Waals surface area contributed by atoms with Gasteiger partial charge in [-0.2, -0.15) is 0 Å². The smallest absolute Gasteiger partial charge is 0.233 e. The molecule has 1 aliphatic rings. The fraction of sp³-hybridized carbons (Fsp3) is 0.471. The van der Waals surface area contributed by atoms with Gasteiger partial charge in [-0.1, -0.05) is 36.4 Å². The van der Waals surface area contributed by atoms with Gasteiger partial charge in [-0.05, 0) is 43.9 Å². The number of halogens is 1. The second-order valence-electron chi connectivity index (χ2n) is 5.90. The molecular formula is C17H21ClN4OS. The van der Waals surface area contributed by atoms with Gasteiger partial charge in [-0.15, -0.1) is 10.2 Å². The Morgan fingerprint density at radius 2 is 2.29 bits per heavy atom. The topological polar surface area (TPSA) is 51.0 Å². The summed E-state index contributed by atoms with van der Waals surface area (Å²) in [4.78, 5) is 14.6. The van der Waals surface area contributed by atoms with Crippen molar-refractivity contribution in [2.45, 2.75) is 43.8 Å². The van der Waals surface area contributed by atoms with Crippen LogP contribution in [0.25, 0.3) is 5.69 Å². The zero-order valence-electron chi connectivity index (χ0n) is 13.7. The van der Waals surface area contributed by atoms with Crippen LogP contribution >= 0.6 is 23.4 Å². The van der Waals surface area contributed by atoms with Crippen molar-refractivity contribution >= 4 is 29.3 Å². The highest BCUT2D eigenvalue weighted by Crippen LogP contribution is 2.24. The monoisotopic (exact) mass is 364 g/mol. The molecule has 5 nitrogen and oxygen atoms in total. The summed E-state index contributed by atoms with van der Waals surface area (Å²) in [7, 11) is 0. The number of hydrogen-bond acceptors (Lipinski definition) is 4. The lowest BCUT2D eigenvalue weighted by molar-refractivity contribution is -0.132. The van der Waals surface area contributed by atoms with E-state index in [4.69, 9.17) is 11.6 Å². The lowest BCUT2D eigenvalue weighted by Gasteiger charge is -2.35. The van der Waals surface area contributed by atoms with Crippen LogP contribution in [-0.2, 0) is 4.79 Å². The van der Waals surface area contributed by atoms with Crippen molar-refractivity contribution in [1.29, 1.82) is 0 Å². The highest BCUT2D eigenvalue weighted by Gasteiger charge is 2.25. The molecule has 1 aromatic carbocycles. The largest absolute Gasteiger partial charge is 0.339 e. The van der Waals surface area contributed by atoms with Crippen LogP contribution in [0.4, 0.5) is 0 Å². The minimum atomic E-state index is 0.187. The minimum Gasteiger partial charge on any atom is -0.339 e. The van der Waals surface area contributed by atoms with Crippen LogP contribution < -0.4 is 0 Å². The van der Waals surface area contributed by atoms with Gasteiger partial charge in [0.2, 0.25) is 5.91 Å². The highest BCUT2D eigenvalue weighted by molar-refractivity contribution is 7.99. The van der Waals surface area contributed by atoms with Gasteiger partial charge in [0, 0.05) is 17.6 Å². The van der Waals surface area contributed by atoms with Gasteiger partial charge in [0.05, 0.1) is 11.4 Å². The maximum absolute atomic E-state index is 12.6. The fourth-order valence-corrected chi connectivity index (χ4v) is 4.09. The Kier molecular flexibility index (Phi) is 5.79. The zero-order chi connectivity index (χ0) is 16.9. The second kappa shape index (κ2) is 8.03. The van der Waals surface area contributed by atoms with Crippen LogP contribution in [0.15, 0.2) is 35.7 Å². The Hall–Kier alpha value is -1.53. The van der Waals surface area contributed by atoms with Crippen molar-refractivity contribution in [3.8, 4) is 5.69 Å². The SMILES string of the molecule is CCC1CCCCN1C(=O)CSc1nncn1-c1cccc(Cl)c1. The van der Waals surface area contributed by atoms with Crippen LogP contribution in [0.5, 0.6) is 0 Å². The predicted molar refractivity (Wildman–Crippen MR) is 96.7 cm³/mol. The Bertz CT molecular complexity index is 705. The minimum absolute atomic E-state index is 0.187. The Labute approximate surface area is 151 Å². The molecule has 1 fully saturated rings. The van der Waals surface area contributed by atoms with E-state index >= 15 is 0 Å². The van der Waals surface area contributed by atoms with Gasteiger partial charge < -0.3 is 4.90 Å². The van der Waals surface area contributed by atoms with Crippen LogP contribution in [-0.4, -0.2) is 43.9 Å². The number of piperidine rings is 1. The van der Waals surface area contributed by atoms with E-state index in [1.54, 1.807) is 6.33 Å². The molecule has 2 heterocycles. The molecule has 128 valence electrons. The number of amides is 1. The molecule has 1 amide bonds. The number of aromatic nitrogens is 3. The molecule has 0 radical (unpaired) electrons. The molecule has 1 atom stereocenters. The molecular weight excluding hydrogens is 344 g/mol. The number of carbonyl (C=O) groups excluding carboxylic acids is 1. The molecule has 1 aromatic heterocycles. The van der Waals surface area contributed by atoms with Crippen LogP contribution in [0, 0.1) is 0 Å². The molecule has 0 saturated carbocycles. The number of carbonyl (C=O) groups is 1. The van der Waals surface area contributed by atoms with E-state index < -0.39 is 0 Å². The van der Waals surface area contributed by atoms with Crippen molar-refractivity contribution in [3.05, 3.63) is 35.6 Å². The van der Waals surface area contributed by atoms with Gasteiger partial charge in [0.15, 0.2) is 5.16 Å². The van der Waals surface area contributed by atoms with Crippen molar-refractivity contribution in [2.75, 3.05) is 12.3 Å². The van der Waals surface area contributed by atoms with Crippen LogP contribution in [0.1, 0.15) is 32.6 Å². The third kappa shape index (κ3) is 3.92. The Morgan fingerprint density at radius 1 is 1.42 bits per heavy atom. The summed E-state index contributed by atoms with van der Waals surface area (Å²) in [6, 6.07) is 7.90. The molecule has 2 aromatic rings. The fourth-order valence-electron chi connectivity index (χ4n) is 3.09. The van der Waals surface area contributed by atoms with Crippen molar-refractivity contribution in [3.63, 3.8) is 0 Å². The number of hydrogen-bond donors (Lipinski definition) is 0. The molecule has 0 N–H and O–H groups in total. The van der Waals surface area contributed by atoms with Gasteiger partial charge >= 0.3 is 0 Å². The second-order valence-corrected chi connectivity index (χ2v) is 7.28. The first-order valence-corrected chi connectivity index (χ1v) is 9.63. The van der Waals surface area contributed by atoms with E-state index in [-0.39, 0.29) is 5.91 Å². The maximum atomic E-state index is 12.6. The summed E-state index contributed by atoms with van der Waals surface area (Å²) in [5, 5.41) is 9.48. The van der Waals surface area contributed by atoms with Gasteiger partial charge in [0.1, 0.15) is 6.33 Å². The molecule has 0 aliphatic carbocycles. The normalized spacial score (nSPS) is 17.9. The third-order valence-electron chi connectivity index (χ3n) is 4.35. The lowest BCUT2D eigenvalue weighted by atomic mass is 10.0. The van der Waals surface area contributed by atoms with Gasteiger partial charge in [0.25, 0.3) is 0 Å². The van der Waals surface area contributed by atoms with E-state index in [1.807, 2.05) is 33.7 Å². The summed E-state index contributed by atoms with van der Waals surface area (Å²) < 4.78 is 1.86. The lowest BCUT2D eigenvalue weighted by Crippen LogP contribution is -2.44. The molecule has 1 unspecified atom stereocenters. The van der Waals surface area contributed by atoms with E-state index in [0.29, 0.717) is 22.0 Å². The van der Waals surface area contributed by atoms with E-state index in [9.17, 15) is 4.79 Å². The first kappa shape index (κ1) is 17.3. The number of nitrogens with zero attached hydrogens (tertiary/aromatic N) is 4.